The second kappa shape index (κ2) is 5.34. The Balaban J connectivity index is 1.94. The quantitative estimate of drug-likeness (QED) is 0.903. The molecule has 0 fully saturated rings. The number of nitrogens with one attached hydrogen (secondary N) is 1. The molecule has 17 heavy (non-hydrogen) atoms. The van der Waals surface area contributed by atoms with Crippen LogP contribution < -0.4 is 5.32 Å². The average molecular weight is 250 g/mol. The van der Waals surface area contributed by atoms with Crippen LogP contribution in [0.3, 0.4) is 0 Å². The molecule has 0 saturated carbocycles. The van der Waals surface area contributed by atoms with Crippen LogP contribution in [-0.4, -0.2) is 9.55 Å². The third-order valence-electron chi connectivity index (χ3n) is 2.77. The Morgan fingerprint density at radius 1 is 1.35 bits per heavy atom. The molecule has 0 radical (unpaired) electrons. The van der Waals surface area contributed by atoms with Gasteiger partial charge in [0.2, 0.25) is 0 Å². The zero-order valence-electron chi connectivity index (χ0n) is 10.0. The zero-order valence-corrected chi connectivity index (χ0v) is 10.8. The molecule has 0 aliphatic carbocycles. The Kier molecular flexibility index (Phi) is 3.82. The van der Waals surface area contributed by atoms with Crippen molar-refractivity contribution in [3.8, 4) is 0 Å². The SMILES string of the molecule is CC(NCc1ccc(Cl)cc1)c1nccn1C. The summed E-state index contributed by atoms with van der Waals surface area (Å²) in [7, 11) is 2.00. The minimum atomic E-state index is 0.227. The third kappa shape index (κ3) is 3.08. The van der Waals surface area contributed by atoms with Crippen molar-refractivity contribution in [2.24, 2.45) is 7.05 Å². The fourth-order valence-electron chi connectivity index (χ4n) is 1.76. The Hall–Kier alpha value is -1.32. The summed E-state index contributed by atoms with van der Waals surface area (Å²) in [5.41, 5.74) is 1.22. The van der Waals surface area contributed by atoms with Crippen LogP contribution in [0.4, 0.5) is 0 Å². The van der Waals surface area contributed by atoms with Gasteiger partial charge in [0.25, 0.3) is 0 Å². The molecule has 0 aliphatic rings. The average Bonchev–Trinajstić information content (AvgIpc) is 2.74. The molecule has 1 aromatic carbocycles. The van der Waals surface area contributed by atoms with Gasteiger partial charge < -0.3 is 9.88 Å². The van der Waals surface area contributed by atoms with Gasteiger partial charge in [-0.2, -0.15) is 0 Å². The molecule has 3 nitrogen and oxygen atoms in total. The van der Waals surface area contributed by atoms with Crippen molar-refractivity contribution < 1.29 is 0 Å². The number of aromatic nitrogens is 2. The van der Waals surface area contributed by atoms with E-state index in [0.29, 0.717) is 0 Å². The molecule has 0 saturated heterocycles. The fraction of sp³-hybridized carbons (Fsp3) is 0.308. The molecule has 1 aromatic heterocycles. The number of nitrogens with zero attached hydrogens (tertiary/aromatic N) is 2. The second-order valence-corrected chi connectivity index (χ2v) is 4.56. The Morgan fingerprint density at radius 2 is 2.06 bits per heavy atom. The first-order valence-electron chi connectivity index (χ1n) is 5.62. The van der Waals surface area contributed by atoms with E-state index in [0.717, 1.165) is 17.4 Å². The molecule has 1 atom stereocenters. The van der Waals surface area contributed by atoms with Crippen LogP contribution in [0.5, 0.6) is 0 Å². The van der Waals surface area contributed by atoms with E-state index in [1.165, 1.54) is 5.56 Å². The van der Waals surface area contributed by atoms with Gasteiger partial charge in [0, 0.05) is 31.0 Å². The second-order valence-electron chi connectivity index (χ2n) is 4.13. The van der Waals surface area contributed by atoms with Gasteiger partial charge in [0.1, 0.15) is 5.82 Å². The monoisotopic (exact) mass is 249 g/mol. The summed E-state index contributed by atoms with van der Waals surface area (Å²) >= 11 is 5.84. The van der Waals surface area contributed by atoms with Gasteiger partial charge >= 0.3 is 0 Å². The van der Waals surface area contributed by atoms with E-state index >= 15 is 0 Å². The maximum absolute atomic E-state index is 5.84. The molecular weight excluding hydrogens is 234 g/mol. The number of benzene rings is 1. The lowest BCUT2D eigenvalue weighted by atomic mass is 10.2. The summed E-state index contributed by atoms with van der Waals surface area (Å²) in [6.45, 7) is 2.92. The Morgan fingerprint density at radius 3 is 2.65 bits per heavy atom. The standard InChI is InChI=1S/C13H16ClN3/c1-10(13-15-7-8-17(13)2)16-9-11-3-5-12(14)6-4-11/h3-8,10,16H,9H2,1-2H3. The summed E-state index contributed by atoms with van der Waals surface area (Å²) in [5, 5.41) is 4.20. The molecule has 0 aliphatic heterocycles. The third-order valence-corrected chi connectivity index (χ3v) is 3.02. The van der Waals surface area contributed by atoms with Crippen LogP contribution in [0.25, 0.3) is 0 Å². The van der Waals surface area contributed by atoms with E-state index in [2.05, 4.69) is 17.2 Å². The molecule has 1 unspecified atom stereocenters. The highest BCUT2D eigenvalue weighted by atomic mass is 35.5. The minimum Gasteiger partial charge on any atom is -0.337 e. The van der Waals surface area contributed by atoms with Crippen LogP contribution in [0, 0.1) is 0 Å². The van der Waals surface area contributed by atoms with Crippen LogP contribution >= 0.6 is 11.6 Å². The lowest BCUT2D eigenvalue weighted by Crippen LogP contribution is -2.20. The lowest BCUT2D eigenvalue weighted by molar-refractivity contribution is 0.530. The number of hydrogen-bond donors (Lipinski definition) is 1. The molecular formula is C13H16ClN3. The first-order valence-corrected chi connectivity index (χ1v) is 5.99. The largest absolute Gasteiger partial charge is 0.337 e. The molecule has 90 valence electrons. The summed E-state index contributed by atoms with van der Waals surface area (Å²) in [6, 6.07) is 8.10. The van der Waals surface area contributed by atoms with Crippen LogP contribution in [-0.2, 0) is 13.6 Å². The van der Waals surface area contributed by atoms with Crippen molar-refractivity contribution in [2.75, 3.05) is 0 Å². The molecule has 0 spiro atoms. The van der Waals surface area contributed by atoms with Crippen molar-refractivity contribution in [1.82, 2.24) is 14.9 Å². The van der Waals surface area contributed by atoms with E-state index in [9.17, 15) is 0 Å². The van der Waals surface area contributed by atoms with Gasteiger partial charge in [-0.25, -0.2) is 4.98 Å². The van der Waals surface area contributed by atoms with Crippen LogP contribution in [0.15, 0.2) is 36.7 Å². The number of halogens is 1. The number of rotatable bonds is 4. The number of imidazole rings is 1. The van der Waals surface area contributed by atoms with E-state index < -0.39 is 0 Å². The smallest absolute Gasteiger partial charge is 0.125 e. The summed E-state index contributed by atoms with van der Waals surface area (Å²) in [5.74, 6) is 1.04. The molecule has 1 heterocycles. The Labute approximate surface area is 106 Å². The predicted molar refractivity (Wildman–Crippen MR) is 69.9 cm³/mol. The Bertz CT molecular complexity index is 476. The van der Waals surface area contributed by atoms with Crippen molar-refractivity contribution in [1.29, 1.82) is 0 Å². The van der Waals surface area contributed by atoms with Gasteiger partial charge in [-0.3, -0.25) is 0 Å². The first kappa shape index (κ1) is 12.1. The first-order chi connectivity index (χ1) is 8.16. The van der Waals surface area contributed by atoms with E-state index in [-0.39, 0.29) is 6.04 Å². The molecule has 4 heteroatoms. The van der Waals surface area contributed by atoms with Crippen molar-refractivity contribution in [2.45, 2.75) is 19.5 Å². The topological polar surface area (TPSA) is 29.9 Å². The van der Waals surface area contributed by atoms with Crippen LogP contribution in [0.2, 0.25) is 5.02 Å². The van der Waals surface area contributed by atoms with Crippen LogP contribution in [0.1, 0.15) is 24.4 Å². The summed E-state index contributed by atoms with van der Waals surface area (Å²) in [4.78, 5) is 4.32. The van der Waals surface area contributed by atoms with Gasteiger partial charge in [0.05, 0.1) is 6.04 Å². The van der Waals surface area contributed by atoms with Crippen molar-refractivity contribution in [3.63, 3.8) is 0 Å². The lowest BCUT2D eigenvalue weighted by Gasteiger charge is -2.13. The minimum absolute atomic E-state index is 0.227. The normalized spacial score (nSPS) is 12.6. The van der Waals surface area contributed by atoms with Gasteiger partial charge in [0.15, 0.2) is 0 Å². The molecule has 0 bridgehead atoms. The molecule has 1 N–H and O–H groups in total. The van der Waals surface area contributed by atoms with E-state index in [4.69, 9.17) is 11.6 Å². The maximum Gasteiger partial charge on any atom is 0.125 e. The highest BCUT2D eigenvalue weighted by Gasteiger charge is 2.08. The summed E-state index contributed by atoms with van der Waals surface area (Å²) in [6.07, 6.45) is 3.77. The van der Waals surface area contributed by atoms with E-state index in [1.54, 1.807) is 0 Å². The van der Waals surface area contributed by atoms with Gasteiger partial charge in [-0.05, 0) is 24.6 Å². The van der Waals surface area contributed by atoms with Gasteiger partial charge in [-0.1, -0.05) is 23.7 Å². The molecule has 2 aromatic rings. The molecule has 2 rings (SSSR count). The van der Waals surface area contributed by atoms with Crippen molar-refractivity contribution >= 4 is 11.6 Å². The number of aryl methyl sites for hydroxylation is 1. The highest BCUT2D eigenvalue weighted by Crippen LogP contribution is 2.12. The maximum atomic E-state index is 5.84. The predicted octanol–water partition coefficient (Wildman–Crippen LogP) is 2.92. The zero-order chi connectivity index (χ0) is 12.3. The van der Waals surface area contributed by atoms with E-state index in [1.807, 2.05) is 48.3 Å². The fourth-order valence-corrected chi connectivity index (χ4v) is 1.88. The van der Waals surface area contributed by atoms with Gasteiger partial charge in [-0.15, -0.1) is 0 Å². The summed E-state index contributed by atoms with van der Waals surface area (Å²) < 4.78 is 2.03. The molecule has 0 amide bonds. The van der Waals surface area contributed by atoms with Crippen molar-refractivity contribution in [3.05, 3.63) is 53.1 Å². The highest BCUT2D eigenvalue weighted by molar-refractivity contribution is 6.30. The number of hydrogen-bond acceptors (Lipinski definition) is 2.